The van der Waals surface area contributed by atoms with Gasteiger partial charge in [-0.3, -0.25) is 4.79 Å². The van der Waals surface area contributed by atoms with Gasteiger partial charge in [-0.15, -0.1) is 0 Å². The molecular formula is C9H17NO2. The Labute approximate surface area is 72.9 Å². The van der Waals surface area contributed by atoms with Gasteiger partial charge in [0.25, 0.3) is 0 Å². The van der Waals surface area contributed by atoms with Crippen molar-refractivity contribution in [3.05, 3.63) is 0 Å². The molecule has 0 aromatic carbocycles. The van der Waals surface area contributed by atoms with Gasteiger partial charge in [-0.1, -0.05) is 0 Å². The molecule has 3 N–H and O–H groups in total. The van der Waals surface area contributed by atoms with Crippen LogP contribution in [0.25, 0.3) is 0 Å². The van der Waals surface area contributed by atoms with Crippen molar-refractivity contribution < 1.29 is 9.90 Å². The molecule has 12 heavy (non-hydrogen) atoms. The summed E-state index contributed by atoms with van der Waals surface area (Å²) in [5, 5.41) is 9.61. The summed E-state index contributed by atoms with van der Waals surface area (Å²) in [7, 11) is 0. The van der Waals surface area contributed by atoms with Crippen LogP contribution in [0.5, 0.6) is 0 Å². The second-order valence-corrected chi connectivity index (χ2v) is 4.11. The van der Waals surface area contributed by atoms with Gasteiger partial charge in [-0.25, -0.2) is 0 Å². The second kappa shape index (κ2) is 3.44. The summed E-state index contributed by atoms with van der Waals surface area (Å²) in [4.78, 5) is 10.6. The van der Waals surface area contributed by atoms with E-state index in [0.29, 0.717) is 12.3 Å². The monoisotopic (exact) mass is 171 g/mol. The van der Waals surface area contributed by atoms with Crippen molar-refractivity contribution in [2.24, 2.45) is 11.7 Å². The van der Waals surface area contributed by atoms with Gasteiger partial charge >= 0.3 is 0 Å². The molecule has 0 saturated heterocycles. The van der Waals surface area contributed by atoms with Gasteiger partial charge in [0.2, 0.25) is 5.91 Å². The molecule has 0 atom stereocenters. The number of primary amides is 1. The molecule has 0 spiro atoms. The average Bonchev–Trinajstić information content (AvgIpc) is 1.93. The summed E-state index contributed by atoms with van der Waals surface area (Å²) in [6.07, 6.45) is 3.93. The maximum Gasteiger partial charge on any atom is 0.217 e. The van der Waals surface area contributed by atoms with Crippen LogP contribution in [0.3, 0.4) is 0 Å². The Hall–Kier alpha value is -0.570. The largest absolute Gasteiger partial charge is 0.390 e. The van der Waals surface area contributed by atoms with E-state index < -0.39 is 5.60 Å². The van der Waals surface area contributed by atoms with Gasteiger partial charge in [0.05, 0.1) is 5.60 Å². The predicted molar refractivity (Wildman–Crippen MR) is 46.4 cm³/mol. The Balaban J connectivity index is 2.31. The molecule has 0 aliphatic heterocycles. The molecule has 1 fully saturated rings. The number of amides is 1. The van der Waals surface area contributed by atoms with E-state index in [4.69, 9.17) is 5.73 Å². The van der Waals surface area contributed by atoms with Crippen LogP contribution < -0.4 is 5.73 Å². The van der Waals surface area contributed by atoms with E-state index in [-0.39, 0.29) is 5.91 Å². The van der Waals surface area contributed by atoms with Crippen molar-refractivity contribution in [2.75, 3.05) is 0 Å². The smallest absolute Gasteiger partial charge is 0.217 e. The fourth-order valence-corrected chi connectivity index (χ4v) is 1.79. The van der Waals surface area contributed by atoms with Gasteiger partial charge in [0.15, 0.2) is 0 Å². The van der Waals surface area contributed by atoms with Crippen molar-refractivity contribution in [3.63, 3.8) is 0 Å². The quantitative estimate of drug-likeness (QED) is 0.645. The van der Waals surface area contributed by atoms with Gasteiger partial charge in [0, 0.05) is 6.42 Å². The summed E-state index contributed by atoms with van der Waals surface area (Å²) < 4.78 is 0. The minimum Gasteiger partial charge on any atom is -0.390 e. The lowest BCUT2D eigenvalue weighted by atomic mass is 9.78. The minimum atomic E-state index is -0.506. The van der Waals surface area contributed by atoms with Gasteiger partial charge < -0.3 is 10.8 Å². The number of aliphatic hydroxyl groups is 1. The molecule has 0 bridgehead atoms. The van der Waals surface area contributed by atoms with Gasteiger partial charge in [0.1, 0.15) is 0 Å². The first kappa shape index (κ1) is 9.52. The molecule has 3 nitrogen and oxygen atoms in total. The number of nitrogens with two attached hydrogens (primary N) is 1. The topological polar surface area (TPSA) is 63.3 Å². The molecule has 0 aromatic rings. The fourth-order valence-electron chi connectivity index (χ4n) is 1.79. The lowest BCUT2D eigenvalue weighted by molar-refractivity contribution is -0.119. The lowest BCUT2D eigenvalue weighted by Crippen LogP contribution is -2.31. The zero-order chi connectivity index (χ0) is 9.19. The highest BCUT2D eigenvalue weighted by molar-refractivity contribution is 5.73. The molecular weight excluding hydrogens is 154 g/mol. The van der Waals surface area contributed by atoms with Crippen LogP contribution in [-0.4, -0.2) is 16.6 Å². The third-order valence-corrected chi connectivity index (χ3v) is 2.67. The molecule has 0 unspecified atom stereocenters. The maximum absolute atomic E-state index is 10.6. The number of rotatable bonds is 2. The van der Waals surface area contributed by atoms with Crippen LogP contribution in [0.2, 0.25) is 0 Å². The van der Waals surface area contributed by atoms with Crippen LogP contribution in [-0.2, 0) is 4.79 Å². The minimum absolute atomic E-state index is 0.221. The van der Waals surface area contributed by atoms with Crippen molar-refractivity contribution in [3.8, 4) is 0 Å². The fraction of sp³-hybridized carbons (Fsp3) is 0.889. The maximum atomic E-state index is 10.6. The Bertz CT molecular complexity index is 167. The van der Waals surface area contributed by atoms with Crippen LogP contribution in [0.1, 0.15) is 39.0 Å². The highest BCUT2D eigenvalue weighted by Gasteiger charge is 2.28. The molecule has 1 saturated carbocycles. The van der Waals surface area contributed by atoms with Gasteiger partial charge in [-0.2, -0.15) is 0 Å². The van der Waals surface area contributed by atoms with Crippen molar-refractivity contribution >= 4 is 5.91 Å². The number of carbonyl (C=O) groups is 1. The number of hydrogen-bond acceptors (Lipinski definition) is 2. The molecule has 0 aromatic heterocycles. The van der Waals surface area contributed by atoms with Crippen LogP contribution in [0.4, 0.5) is 0 Å². The summed E-state index contributed by atoms with van der Waals surface area (Å²) in [6, 6.07) is 0. The van der Waals surface area contributed by atoms with E-state index >= 15 is 0 Å². The second-order valence-electron chi connectivity index (χ2n) is 4.11. The van der Waals surface area contributed by atoms with Gasteiger partial charge in [-0.05, 0) is 38.5 Å². The van der Waals surface area contributed by atoms with E-state index in [9.17, 15) is 9.90 Å². The van der Waals surface area contributed by atoms with E-state index in [2.05, 4.69) is 0 Å². The summed E-state index contributed by atoms with van der Waals surface area (Å²) in [5.41, 5.74) is 4.58. The number of hydrogen-bond donors (Lipinski definition) is 2. The Morgan fingerprint density at radius 3 is 2.50 bits per heavy atom. The lowest BCUT2D eigenvalue weighted by Gasteiger charge is -2.32. The standard InChI is InChI=1S/C9H17NO2/c1-9(12)4-2-7(3-5-9)6-8(10)11/h7,12H,2-6H2,1H3,(H2,10,11)/t7-,9+. The van der Waals surface area contributed by atoms with E-state index in [1.54, 1.807) is 0 Å². The molecule has 70 valence electrons. The third kappa shape index (κ3) is 2.81. The molecule has 1 amide bonds. The number of carbonyl (C=O) groups excluding carboxylic acids is 1. The molecule has 1 aliphatic rings. The SMILES string of the molecule is C[C@]1(O)CC[C@@H](CC(N)=O)CC1. The van der Waals surface area contributed by atoms with Crippen LogP contribution in [0, 0.1) is 5.92 Å². The molecule has 0 radical (unpaired) electrons. The summed E-state index contributed by atoms with van der Waals surface area (Å²) in [6.45, 7) is 1.85. The van der Waals surface area contributed by atoms with E-state index in [1.807, 2.05) is 6.92 Å². The highest BCUT2D eigenvalue weighted by atomic mass is 16.3. The first-order chi connectivity index (χ1) is 5.49. The van der Waals surface area contributed by atoms with E-state index in [0.717, 1.165) is 25.7 Å². The summed E-state index contributed by atoms with van der Waals surface area (Å²) >= 11 is 0. The van der Waals surface area contributed by atoms with Crippen molar-refractivity contribution in [2.45, 2.75) is 44.6 Å². The molecule has 1 aliphatic carbocycles. The Kier molecular flexibility index (Phi) is 2.73. The summed E-state index contributed by atoms with van der Waals surface area (Å²) in [5.74, 6) is 0.185. The zero-order valence-corrected chi connectivity index (χ0v) is 7.55. The highest BCUT2D eigenvalue weighted by Crippen LogP contribution is 2.32. The Morgan fingerprint density at radius 2 is 2.08 bits per heavy atom. The van der Waals surface area contributed by atoms with Crippen LogP contribution in [0.15, 0.2) is 0 Å². The third-order valence-electron chi connectivity index (χ3n) is 2.67. The van der Waals surface area contributed by atoms with E-state index in [1.165, 1.54) is 0 Å². The normalized spacial score (nSPS) is 36.3. The predicted octanol–water partition coefficient (Wildman–Crippen LogP) is 0.803. The van der Waals surface area contributed by atoms with Crippen molar-refractivity contribution in [1.82, 2.24) is 0 Å². The average molecular weight is 171 g/mol. The first-order valence-corrected chi connectivity index (χ1v) is 4.50. The molecule has 3 heteroatoms. The van der Waals surface area contributed by atoms with Crippen molar-refractivity contribution in [1.29, 1.82) is 0 Å². The molecule has 1 rings (SSSR count). The zero-order valence-electron chi connectivity index (χ0n) is 7.55. The first-order valence-electron chi connectivity index (χ1n) is 4.50. The molecule has 0 heterocycles. The van der Waals surface area contributed by atoms with Crippen LogP contribution >= 0.6 is 0 Å². The Morgan fingerprint density at radius 1 is 1.58 bits per heavy atom.